The number of rotatable bonds is 8. The maximum Gasteiger partial charge on any atom is 0.344 e. The zero-order valence-electron chi connectivity index (χ0n) is 15.8. The molecule has 0 unspecified atom stereocenters. The third-order valence-corrected chi connectivity index (χ3v) is 5.07. The summed E-state index contributed by atoms with van der Waals surface area (Å²) >= 11 is 1.52. The molecule has 0 aliphatic rings. The van der Waals surface area contributed by atoms with E-state index in [1.807, 2.05) is 5.38 Å². The second-order valence-electron chi connectivity index (χ2n) is 6.56. The number of nitrogens with zero attached hydrogens (tertiary/aromatic N) is 1. The molecule has 3 aromatic rings. The van der Waals surface area contributed by atoms with E-state index < -0.39 is 5.97 Å². The molecule has 3 rings (SSSR count). The Morgan fingerprint density at radius 2 is 1.82 bits per heavy atom. The zero-order valence-corrected chi connectivity index (χ0v) is 16.6. The Balaban J connectivity index is 1.49. The van der Waals surface area contributed by atoms with Crippen LogP contribution in [-0.2, 0) is 16.1 Å². The standard InChI is InChI=1S/C22H21NO4S/c1-15(2)17-5-7-18(8-6-17)22-23-19(14-28-22)12-27-21(25)13-26-20-9-3-16(11-24)4-10-20/h3-11,14-15H,12-13H2,1-2H3. The minimum Gasteiger partial charge on any atom is -0.482 e. The minimum absolute atomic E-state index is 0.104. The van der Waals surface area contributed by atoms with Gasteiger partial charge in [0.25, 0.3) is 0 Å². The fourth-order valence-electron chi connectivity index (χ4n) is 2.50. The Hall–Kier alpha value is -2.99. The van der Waals surface area contributed by atoms with E-state index in [9.17, 15) is 9.59 Å². The van der Waals surface area contributed by atoms with Gasteiger partial charge in [0.2, 0.25) is 0 Å². The molecule has 0 spiro atoms. The van der Waals surface area contributed by atoms with Crippen molar-refractivity contribution >= 4 is 23.6 Å². The van der Waals surface area contributed by atoms with Gasteiger partial charge in [0.1, 0.15) is 23.7 Å². The van der Waals surface area contributed by atoms with Crippen LogP contribution in [0.2, 0.25) is 0 Å². The monoisotopic (exact) mass is 395 g/mol. The lowest BCUT2D eigenvalue weighted by molar-refractivity contribution is -0.147. The number of aromatic nitrogens is 1. The number of benzene rings is 2. The van der Waals surface area contributed by atoms with Gasteiger partial charge in [-0.2, -0.15) is 0 Å². The van der Waals surface area contributed by atoms with Gasteiger partial charge in [-0.3, -0.25) is 4.79 Å². The van der Waals surface area contributed by atoms with Gasteiger partial charge in [-0.15, -0.1) is 11.3 Å². The minimum atomic E-state index is -0.477. The van der Waals surface area contributed by atoms with Gasteiger partial charge in [-0.1, -0.05) is 38.1 Å². The van der Waals surface area contributed by atoms with Gasteiger partial charge in [-0.05, 0) is 35.7 Å². The maximum absolute atomic E-state index is 11.9. The number of aldehydes is 1. The van der Waals surface area contributed by atoms with E-state index in [1.54, 1.807) is 24.3 Å². The van der Waals surface area contributed by atoms with Crippen LogP contribution in [0.3, 0.4) is 0 Å². The first-order valence-corrected chi connectivity index (χ1v) is 9.81. The third kappa shape index (κ3) is 5.27. The summed E-state index contributed by atoms with van der Waals surface area (Å²) in [5, 5.41) is 2.78. The van der Waals surface area contributed by atoms with E-state index in [0.29, 0.717) is 22.9 Å². The van der Waals surface area contributed by atoms with Gasteiger partial charge < -0.3 is 9.47 Å². The van der Waals surface area contributed by atoms with E-state index in [1.165, 1.54) is 16.9 Å². The number of esters is 1. The molecule has 0 aliphatic heterocycles. The lowest BCUT2D eigenvalue weighted by atomic mass is 10.0. The van der Waals surface area contributed by atoms with Crippen LogP contribution in [0.1, 0.15) is 41.4 Å². The van der Waals surface area contributed by atoms with Crippen LogP contribution in [0.5, 0.6) is 5.75 Å². The van der Waals surface area contributed by atoms with Gasteiger partial charge in [-0.25, -0.2) is 9.78 Å². The Labute approximate surface area is 168 Å². The van der Waals surface area contributed by atoms with Crippen LogP contribution >= 0.6 is 11.3 Å². The third-order valence-electron chi connectivity index (χ3n) is 4.13. The normalized spacial score (nSPS) is 10.7. The fraction of sp³-hybridized carbons (Fsp3) is 0.227. The molecule has 0 bridgehead atoms. The summed E-state index contributed by atoms with van der Waals surface area (Å²) in [5.41, 5.74) is 3.59. The zero-order chi connectivity index (χ0) is 19.9. The summed E-state index contributed by atoms with van der Waals surface area (Å²) in [5.74, 6) is 0.518. The molecule has 144 valence electrons. The number of carbonyl (C=O) groups is 2. The molecule has 6 heteroatoms. The average molecular weight is 395 g/mol. The van der Waals surface area contributed by atoms with Crippen molar-refractivity contribution in [3.8, 4) is 16.3 Å². The molecule has 1 aromatic heterocycles. The van der Waals surface area contributed by atoms with Crippen LogP contribution in [0.25, 0.3) is 10.6 Å². The molecule has 0 radical (unpaired) electrons. The first kappa shape index (κ1) is 19.8. The van der Waals surface area contributed by atoms with E-state index in [2.05, 4.69) is 43.1 Å². The molecule has 0 saturated carbocycles. The number of carbonyl (C=O) groups excluding carboxylic acids is 2. The summed E-state index contributed by atoms with van der Waals surface area (Å²) < 4.78 is 10.6. The predicted octanol–water partition coefficient (Wildman–Crippen LogP) is 4.87. The molecule has 0 aliphatic carbocycles. The molecule has 0 fully saturated rings. The molecule has 1 heterocycles. The van der Waals surface area contributed by atoms with Gasteiger partial charge in [0.15, 0.2) is 6.61 Å². The van der Waals surface area contributed by atoms with Gasteiger partial charge in [0.05, 0.1) is 5.69 Å². The van der Waals surface area contributed by atoms with E-state index in [0.717, 1.165) is 16.9 Å². The van der Waals surface area contributed by atoms with Crippen molar-refractivity contribution in [2.75, 3.05) is 6.61 Å². The highest BCUT2D eigenvalue weighted by atomic mass is 32.1. The summed E-state index contributed by atoms with van der Waals surface area (Å²) in [6.07, 6.45) is 0.749. The highest BCUT2D eigenvalue weighted by Gasteiger charge is 2.09. The van der Waals surface area contributed by atoms with Crippen LogP contribution in [0.4, 0.5) is 0 Å². The Kier molecular flexibility index (Phi) is 6.55. The Morgan fingerprint density at radius 1 is 1.11 bits per heavy atom. The molecule has 2 aromatic carbocycles. The number of hydrogen-bond donors (Lipinski definition) is 0. The lowest BCUT2D eigenvalue weighted by Gasteiger charge is -2.06. The van der Waals surface area contributed by atoms with Crippen LogP contribution in [0, 0.1) is 0 Å². The summed E-state index contributed by atoms with van der Waals surface area (Å²) in [6.45, 7) is 4.23. The molecule has 0 amide bonds. The maximum atomic E-state index is 11.9. The van der Waals surface area contributed by atoms with E-state index in [4.69, 9.17) is 9.47 Å². The van der Waals surface area contributed by atoms with Crippen LogP contribution in [-0.4, -0.2) is 23.8 Å². The second-order valence-corrected chi connectivity index (χ2v) is 7.42. The number of ether oxygens (including phenoxy) is 2. The van der Waals surface area contributed by atoms with Crippen molar-refractivity contribution in [2.24, 2.45) is 0 Å². The van der Waals surface area contributed by atoms with E-state index in [-0.39, 0.29) is 13.2 Å². The molecule has 5 nitrogen and oxygen atoms in total. The first-order chi connectivity index (χ1) is 13.5. The smallest absolute Gasteiger partial charge is 0.344 e. The average Bonchev–Trinajstić information content (AvgIpc) is 3.20. The van der Waals surface area contributed by atoms with E-state index >= 15 is 0 Å². The molecular formula is C22H21NO4S. The largest absolute Gasteiger partial charge is 0.482 e. The molecule has 0 atom stereocenters. The van der Waals surface area contributed by atoms with Crippen molar-refractivity contribution in [1.82, 2.24) is 4.98 Å². The molecule has 0 N–H and O–H groups in total. The summed E-state index contributed by atoms with van der Waals surface area (Å²) in [6, 6.07) is 14.9. The highest BCUT2D eigenvalue weighted by molar-refractivity contribution is 7.13. The van der Waals surface area contributed by atoms with Crippen molar-refractivity contribution in [2.45, 2.75) is 26.4 Å². The van der Waals surface area contributed by atoms with Crippen molar-refractivity contribution in [3.05, 3.63) is 70.7 Å². The van der Waals surface area contributed by atoms with Gasteiger partial charge >= 0.3 is 5.97 Å². The summed E-state index contributed by atoms with van der Waals surface area (Å²) in [7, 11) is 0. The number of thiazole rings is 1. The van der Waals surface area contributed by atoms with Crippen molar-refractivity contribution in [3.63, 3.8) is 0 Å². The highest BCUT2D eigenvalue weighted by Crippen LogP contribution is 2.26. The quantitative estimate of drug-likeness (QED) is 0.402. The fourth-order valence-corrected chi connectivity index (χ4v) is 3.31. The van der Waals surface area contributed by atoms with Crippen molar-refractivity contribution in [1.29, 1.82) is 0 Å². The SMILES string of the molecule is CC(C)c1ccc(-c2nc(COC(=O)COc3ccc(C=O)cc3)cs2)cc1. The predicted molar refractivity (Wildman–Crippen MR) is 109 cm³/mol. The molecule has 0 saturated heterocycles. The van der Waals surface area contributed by atoms with Crippen LogP contribution in [0.15, 0.2) is 53.9 Å². The Morgan fingerprint density at radius 3 is 2.46 bits per heavy atom. The molecular weight excluding hydrogens is 374 g/mol. The Bertz CT molecular complexity index is 930. The van der Waals surface area contributed by atoms with Crippen molar-refractivity contribution < 1.29 is 19.1 Å². The second kappa shape index (κ2) is 9.28. The topological polar surface area (TPSA) is 65.5 Å². The lowest BCUT2D eigenvalue weighted by Crippen LogP contribution is -2.14. The molecule has 28 heavy (non-hydrogen) atoms. The van der Waals surface area contributed by atoms with Crippen LogP contribution < -0.4 is 4.74 Å². The number of hydrogen-bond acceptors (Lipinski definition) is 6. The van der Waals surface area contributed by atoms with Gasteiger partial charge in [0, 0.05) is 16.5 Å². The first-order valence-electron chi connectivity index (χ1n) is 8.93. The summed E-state index contributed by atoms with van der Waals surface area (Å²) in [4.78, 5) is 27.0.